The summed E-state index contributed by atoms with van der Waals surface area (Å²) in [6.45, 7) is 4.22. The van der Waals surface area contributed by atoms with E-state index in [0.717, 1.165) is 17.9 Å². The third-order valence-electron chi connectivity index (χ3n) is 3.74. The number of para-hydroxylation sites is 1. The number of ether oxygens (including phenoxy) is 1. The number of aromatic nitrogens is 1. The summed E-state index contributed by atoms with van der Waals surface area (Å²) in [5.74, 6) is 0.896. The molecule has 0 radical (unpaired) electrons. The van der Waals surface area contributed by atoms with E-state index in [-0.39, 0.29) is 0 Å². The van der Waals surface area contributed by atoms with Crippen molar-refractivity contribution in [2.75, 3.05) is 0 Å². The predicted octanol–water partition coefficient (Wildman–Crippen LogP) is 3.70. The number of nitrogens with two attached hydrogens (primary N) is 1. The van der Waals surface area contributed by atoms with Gasteiger partial charge in [-0.2, -0.15) is 0 Å². The van der Waals surface area contributed by atoms with Crippen molar-refractivity contribution in [1.29, 1.82) is 0 Å². The van der Waals surface area contributed by atoms with Crippen LogP contribution in [-0.4, -0.2) is 4.57 Å². The Kier molecular flexibility index (Phi) is 3.93. The predicted molar refractivity (Wildman–Crippen MR) is 86.3 cm³/mol. The zero-order valence-electron chi connectivity index (χ0n) is 12.3. The SMILES string of the molecule is CCn1c(COc2ccccc2)cc2ccc(CN)cc21. The van der Waals surface area contributed by atoms with Crippen LogP contribution in [0, 0.1) is 0 Å². The minimum atomic E-state index is 0.570. The van der Waals surface area contributed by atoms with E-state index in [1.807, 2.05) is 30.3 Å². The molecule has 108 valence electrons. The Morgan fingerprint density at radius 2 is 1.86 bits per heavy atom. The van der Waals surface area contributed by atoms with Crippen molar-refractivity contribution in [3.8, 4) is 5.75 Å². The molecule has 0 amide bonds. The van der Waals surface area contributed by atoms with Crippen LogP contribution in [0.15, 0.2) is 54.6 Å². The summed E-state index contributed by atoms with van der Waals surface area (Å²) in [5, 5.41) is 1.24. The monoisotopic (exact) mass is 280 g/mol. The van der Waals surface area contributed by atoms with Gasteiger partial charge in [0.2, 0.25) is 0 Å². The molecule has 0 aliphatic heterocycles. The van der Waals surface area contributed by atoms with Crippen molar-refractivity contribution in [2.45, 2.75) is 26.6 Å². The van der Waals surface area contributed by atoms with Crippen LogP contribution >= 0.6 is 0 Å². The molecular formula is C18H20N2O. The van der Waals surface area contributed by atoms with Crippen molar-refractivity contribution in [2.24, 2.45) is 5.73 Å². The van der Waals surface area contributed by atoms with E-state index >= 15 is 0 Å². The van der Waals surface area contributed by atoms with Gasteiger partial charge in [-0.05, 0) is 36.8 Å². The molecule has 3 aromatic rings. The van der Waals surface area contributed by atoms with Crippen molar-refractivity contribution in [1.82, 2.24) is 4.57 Å². The fourth-order valence-electron chi connectivity index (χ4n) is 2.65. The second-order valence-corrected chi connectivity index (χ2v) is 5.08. The number of fused-ring (bicyclic) bond motifs is 1. The summed E-state index contributed by atoms with van der Waals surface area (Å²) >= 11 is 0. The first-order valence-electron chi connectivity index (χ1n) is 7.30. The summed E-state index contributed by atoms with van der Waals surface area (Å²) in [4.78, 5) is 0. The average Bonchev–Trinajstić information content (AvgIpc) is 2.90. The van der Waals surface area contributed by atoms with Crippen molar-refractivity contribution in [3.63, 3.8) is 0 Å². The summed E-state index contributed by atoms with van der Waals surface area (Å²) in [5.41, 5.74) is 9.31. The molecule has 0 aliphatic carbocycles. The Bertz CT molecular complexity index is 732. The molecule has 3 nitrogen and oxygen atoms in total. The van der Waals surface area contributed by atoms with Crippen molar-refractivity contribution < 1.29 is 4.74 Å². The molecule has 1 aromatic heterocycles. The molecule has 21 heavy (non-hydrogen) atoms. The van der Waals surface area contributed by atoms with Crippen LogP contribution in [0.2, 0.25) is 0 Å². The summed E-state index contributed by atoms with van der Waals surface area (Å²) in [6.07, 6.45) is 0. The highest BCUT2D eigenvalue weighted by atomic mass is 16.5. The lowest BCUT2D eigenvalue weighted by Gasteiger charge is -2.10. The Hall–Kier alpha value is -2.26. The Morgan fingerprint density at radius 3 is 2.57 bits per heavy atom. The number of benzene rings is 2. The molecule has 1 heterocycles. The quantitative estimate of drug-likeness (QED) is 0.774. The number of aryl methyl sites for hydroxylation is 1. The fourth-order valence-corrected chi connectivity index (χ4v) is 2.65. The van der Waals surface area contributed by atoms with Crippen molar-refractivity contribution >= 4 is 10.9 Å². The average molecular weight is 280 g/mol. The van der Waals surface area contributed by atoms with Crippen LogP contribution in [0.1, 0.15) is 18.2 Å². The highest BCUT2D eigenvalue weighted by molar-refractivity contribution is 5.82. The molecule has 0 spiro atoms. The van der Waals surface area contributed by atoms with Gasteiger partial charge in [0.05, 0.1) is 5.69 Å². The number of nitrogens with zero attached hydrogens (tertiary/aromatic N) is 1. The Balaban J connectivity index is 1.91. The van der Waals surface area contributed by atoms with Crippen LogP contribution in [-0.2, 0) is 19.7 Å². The molecular weight excluding hydrogens is 260 g/mol. The van der Waals surface area contributed by atoms with E-state index < -0.39 is 0 Å². The maximum Gasteiger partial charge on any atom is 0.128 e. The van der Waals surface area contributed by atoms with Crippen LogP contribution in [0.25, 0.3) is 10.9 Å². The van der Waals surface area contributed by atoms with Crippen LogP contribution in [0.5, 0.6) is 5.75 Å². The van der Waals surface area contributed by atoms with Crippen molar-refractivity contribution in [3.05, 3.63) is 65.9 Å². The molecule has 2 N–H and O–H groups in total. The van der Waals surface area contributed by atoms with Gasteiger partial charge in [0, 0.05) is 24.0 Å². The molecule has 0 saturated carbocycles. The van der Waals surface area contributed by atoms with Gasteiger partial charge >= 0.3 is 0 Å². The van der Waals surface area contributed by atoms with Gasteiger partial charge in [-0.1, -0.05) is 30.3 Å². The summed E-state index contributed by atoms with van der Waals surface area (Å²) in [7, 11) is 0. The Labute approximate surface area is 125 Å². The molecule has 0 fully saturated rings. The first kappa shape index (κ1) is 13.7. The molecule has 0 aliphatic rings. The normalized spacial score (nSPS) is 11.0. The second-order valence-electron chi connectivity index (χ2n) is 5.08. The van der Waals surface area contributed by atoms with Crippen LogP contribution in [0.3, 0.4) is 0 Å². The lowest BCUT2D eigenvalue weighted by molar-refractivity contribution is 0.296. The smallest absolute Gasteiger partial charge is 0.128 e. The maximum absolute atomic E-state index is 5.88. The highest BCUT2D eigenvalue weighted by Gasteiger charge is 2.08. The van der Waals surface area contributed by atoms with Crippen LogP contribution in [0.4, 0.5) is 0 Å². The minimum absolute atomic E-state index is 0.570. The van der Waals surface area contributed by atoms with E-state index in [1.54, 1.807) is 0 Å². The van der Waals surface area contributed by atoms with Gasteiger partial charge in [-0.25, -0.2) is 0 Å². The maximum atomic E-state index is 5.88. The van der Waals surface area contributed by atoms with Gasteiger partial charge in [-0.3, -0.25) is 0 Å². The second kappa shape index (κ2) is 6.02. The van der Waals surface area contributed by atoms with Gasteiger partial charge < -0.3 is 15.0 Å². The molecule has 3 heteroatoms. The zero-order valence-corrected chi connectivity index (χ0v) is 12.3. The third-order valence-corrected chi connectivity index (χ3v) is 3.74. The number of rotatable bonds is 5. The van der Waals surface area contributed by atoms with Gasteiger partial charge in [0.25, 0.3) is 0 Å². The lowest BCUT2D eigenvalue weighted by Crippen LogP contribution is -2.05. The fraction of sp³-hybridized carbons (Fsp3) is 0.222. The number of hydrogen-bond acceptors (Lipinski definition) is 2. The zero-order chi connectivity index (χ0) is 14.7. The first-order valence-corrected chi connectivity index (χ1v) is 7.30. The van der Waals surface area contributed by atoms with E-state index in [4.69, 9.17) is 10.5 Å². The van der Waals surface area contributed by atoms with Gasteiger partial charge in [0.15, 0.2) is 0 Å². The molecule has 0 saturated heterocycles. The van der Waals surface area contributed by atoms with Gasteiger partial charge in [0.1, 0.15) is 12.4 Å². The molecule has 0 bridgehead atoms. The topological polar surface area (TPSA) is 40.2 Å². The lowest BCUT2D eigenvalue weighted by atomic mass is 10.1. The molecule has 3 rings (SSSR count). The largest absolute Gasteiger partial charge is 0.487 e. The molecule has 0 unspecified atom stereocenters. The third kappa shape index (κ3) is 2.78. The van der Waals surface area contributed by atoms with Crippen LogP contribution < -0.4 is 10.5 Å². The Morgan fingerprint density at radius 1 is 1.05 bits per heavy atom. The summed E-state index contributed by atoms with van der Waals surface area (Å²) in [6, 6.07) is 18.5. The van der Waals surface area contributed by atoms with E-state index in [0.29, 0.717) is 13.2 Å². The number of hydrogen-bond donors (Lipinski definition) is 1. The minimum Gasteiger partial charge on any atom is -0.487 e. The van der Waals surface area contributed by atoms with Gasteiger partial charge in [-0.15, -0.1) is 0 Å². The van der Waals surface area contributed by atoms with E-state index in [9.17, 15) is 0 Å². The van der Waals surface area contributed by atoms with E-state index in [2.05, 4.69) is 35.8 Å². The molecule has 2 aromatic carbocycles. The standard InChI is InChI=1S/C18H20N2O/c1-2-20-16(13-21-17-6-4-3-5-7-17)11-15-9-8-14(12-19)10-18(15)20/h3-11H,2,12-13,19H2,1H3. The first-order chi connectivity index (χ1) is 10.3. The molecule has 0 atom stereocenters. The summed E-state index contributed by atoms with van der Waals surface area (Å²) < 4.78 is 8.16. The van der Waals surface area contributed by atoms with E-state index in [1.165, 1.54) is 16.6 Å². The highest BCUT2D eigenvalue weighted by Crippen LogP contribution is 2.23.